The van der Waals surface area contributed by atoms with Crippen LogP contribution >= 0.6 is 0 Å². The Hall–Kier alpha value is -2.55. The molecule has 3 heteroatoms. The summed E-state index contributed by atoms with van der Waals surface area (Å²) in [7, 11) is 0. The van der Waals surface area contributed by atoms with Gasteiger partial charge in [0.05, 0.1) is 0 Å². The van der Waals surface area contributed by atoms with Crippen LogP contribution in [0, 0.1) is 19.7 Å². The van der Waals surface area contributed by atoms with Crippen molar-refractivity contribution in [2.24, 2.45) is 0 Å². The first-order valence-corrected chi connectivity index (χ1v) is 14.0. The summed E-state index contributed by atoms with van der Waals surface area (Å²) in [6, 6.07) is 15.3. The second-order valence-corrected chi connectivity index (χ2v) is 8.90. The predicted octanol–water partition coefficient (Wildman–Crippen LogP) is 10.2. The molecule has 3 aromatic rings. The molecule has 0 saturated heterocycles. The predicted molar refractivity (Wildman–Crippen MR) is 156 cm³/mol. The lowest BCUT2D eigenvalue weighted by atomic mass is 9.94. The summed E-state index contributed by atoms with van der Waals surface area (Å²) in [6.07, 6.45) is 13.1. The summed E-state index contributed by atoms with van der Waals surface area (Å²) in [5, 5.41) is 0. The zero-order valence-electron chi connectivity index (χ0n) is 24.3. The topological polar surface area (TPSA) is 25.8 Å². The van der Waals surface area contributed by atoms with Crippen molar-refractivity contribution >= 4 is 0 Å². The lowest BCUT2D eigenvalue weighted by Gasteiger charge is -2.15. The Morgan fingerprint density at radius 2 is 1.36 bits per heavy atom. The molecule has 3 rings (SSSR count). The number of hydrogen-bond acceptors (Lipinski definition) is 2. The van der Waals surface area contributed by atoms with E-state index in [1.165, 1.54) is 60.7 Å². The summed E-state index contributed by atoms with van der Waals surface area (Å²) in [5.41, 5.74) is 6.19. The largest absolute Gasteiger partial charge is 0.264 e. The van der Waals surface area contributed by atoms with Crippen molar-refractivity contribution in [2.45, 2.75) is 113 Å². The standard InChI is InChI=1S/C14H23N.C9H11F.C8H11N.C2H6/c1-5-7-13(8-6-2)14-10-9-11(3)12(4)15-14;1-2-4-8-5-3-6-9(10)7-8;1-2-4-8-5-3-6-9-7-8;1-2/h9-10,13H,5-8H2,1-4H3;3,5-7H,2,4H2,1H3;3,5-7H,2,4H2,1H3;1-2H3. The third-order valence-electron chi connectivity index (χ3n) is 5.75. The van der Waals surface area contributed by atoms with Gasteiger partial charge >= 0.3 is 0 Å². The van der Waals surface area contributed by atoms with Gasteiger partial charge in [-0.1, -0.05) is 91.5 Å². The van der Waals surface area contributed by atoms with Crippen molar-refractivity contribution in [1.29, 1.82) is 0 Å². The van der Waals surface area contributed by atoms with Crippen LogP contribution in [0.3, 0.4) is 0 Å². The summed E-state index contributed by atoms with van der Waals surface area (Å²) < 4.78 is 12.5. The highest BCUT2D eigenvalue weighted by Gasteiger charge is 2.11. The van der Waals surface area contributed by atoms with Crippen molar-refractivity contribution < 1.29 is 4.39 Å². The Bertz CT molecular complexity index is 903. The van der Waals surface area contributed by atoms with E-state index in [0.717, 1.165) is 24.8 Å². The third kappa shape index (κ3) is 14.8. The second kappa shape index (κ2) is 21.7. The van der Waals surface area contributed by atoms with Gasteiger partial charge in [0.1, 0.15) is 5.82 Å². The van der Waals surface area contributed by atoms with E-state index in [4.69, 9.17) is 4.98 Å². The molecule has 0 radical (unpaired) electrons. The minimum atomic E-state index is -0.133. The first kappa shape index (κ1) is 33.4. The van der Waals surface area contributed by atoms with Gasteiger partial charge < -0.3 is 0 Å². The highest BCUT2D eigenvalue weighted by atomic mass is 19.1. The molecule has 2 heterocycles. The average molecular weight is 495 g/mol. The molecule has 0 aliphatic rings. The molecule has 0 saturated carbocycles. The van der Waals surface area contributed by atoms with E-state index in [0.29, 0.717) is 5.92 Å². The zero-order chi connectivity index (χ0) is 27.2. The summed E-state index contributed by atoms with van der Waals surface area (Å²) in [5.74, 6) is 0.533. The molecular weight excluding hydrogens is 443 g/mol. The van der Waals surface area contributed by atoms with E-state index in [-0.39, 0.29) is 5.82 Å². The Balaban J connectivity index is 0.000000512. The minimum Gasteiger partial charge on any atom is -0.264 e. The molecule has 2 nitrogen and oxygen atoms in total. The molecule has 1 aromatic carbocycles. The van der Waals surface area contributed by atoms with Gasteiger partial charge in [-0.15, -0.1) is 0 Å². The fourth-order valence-corrected chi connectivity index (χ4v) is 3.83. The lowest BCUT2D eigenvalue weighted by Crippen LogP contribution is -2.03. The van der Waals surface area contributed by atoms with Gasteiger partial charge in [0.2, 0.25) is 0 Å². The number of aromatic nitrogens is 2. The zero-order valence-corrected chi connectivity index (χ0v) is 24.3. The van der Waals surface area contributed by atoms with Crippen LogP contribution in [0.2, 0.25) is 0 Å². The van der Waals surface area contributed by atoms with Crippen LogP contribution in [0.1, 0.15) is 114 Å². The molecule has 2 aromatic heterocycles. The van der Waals surface area contributed by atoms with E-state index < -0.39 is 0 Å². The van der Waals surface area contributed by atoms with Gasteiger partial charge in [-0.3, -0.25) is 9.97 Å². The molecular formula is C33H51FN2. The number of hydrogen-bond donors (Lipinski definition) is 0. The van der Waals surface area contributed by atoms with E-state index in [1.54, 1.807) is 18.3 Å². The van der Waals surface area contributed by atoms with Crippen LogP contribution in [0.5, 0.6) is 0 Å². The number of aryl methyl sites for hydroxylation is 4. The maximum Gasteiger partial charge on any atom is 0.123 e. The first-order valence-electron chi connectivity index (χ1n) is 14.0. The first-order chi connectivity index (χ1) is 17.4. The molecule has 0 atom stereocenters. The lowest BCUT2D eigenvalue weighted by molar-refractivity contribution is 0.547. The Morgan fingerprint density at radius 1 is 0.750 bits per heavy atom. The number of nitrogens with zero attached hydrogens (tertiary/aromatic N) is 2. The monoisotopic (exact) mass is 494 g/mol. The van der Waals surface area contributed by atoms with Gasteiger partial charge in [-0.2, -0.15) is 0 Å². The summed E-state index contributed by atoms with van der Waals surface area (Å²) in [6.45, 7) is 17.0. The Labute approximate surface area is 221 Å². The van der Waals surface area contributed by atoms with Crippen LogP contribution in [-0.2, 0) is 12.8 Å². The van der Waals surface area contributed by atoms with Gasteiger partial charge in [0.15, 0.2) is 0 Å². The van der Waals surface area contributed by atoms with Crippen molar-refractivity contribution in [3.8, 4) is 0 Å². The van der Waals surface area contributed by atoms with E-state index in [9.17, 15) is 4.39 Å². The fraction of sp³-hybridized carbons (Fsp3) is 0.515. The van der Waals surface area contributed by atoms with Crippen molar-refractivity contribution in [1.82, 2.24) is 9.97 Å². The number of benzene rings is 1. The molecule has 200 valence electrons. The normalized spacial score (nSPS) is 9.83. The quantitative estimate of drug-likeness (QED) is 0.296. The molecule has 0 bridgehead atoms. The fourth-order valence-electron chi connectivity index (χ4n) is 3.83. The number of halogens is 1. The molecule has 0 spiro atoms. The molecule has 0 unspecified atom stereocenters. The molecule has 0 N–H and O–H groups in total. The van der Waals surface area contributed by atoms with Crippen LogP contribution in [-0.4, -0.2) is 9.97 Å². The highest BCUT2D eigenvalue weighted by molar-refractivity contribution is 5.22. The highest BCUT2D eigenvalue weighted by Crippen LogP contribution is 2.25. The van der Waals surface area contributed by atoms with Crippen LogP contribution < -0.4 is 0 Å². The van der Waals surface area contributed by atoms with E-state index >= 15 is 0 Å². The average Bonchev–Trinajstić information content (AvgIpc) is 2.89. The Kier molecular flexibility index (Phi) is 20.2. The minimum absolute atomic E-state index is 0.133. The van der Waals surface area contributed by atoms with E-state index in [2.05, 4.69) is 64.7 Å². The SMILES string of the molecule is CC.CCCC(CCC)c1ccc(C)c(C)n1.CCCc1cccc(F)c1.CCCc1cccnc1. The molecule has 0 aliphatic carbocycles. The van der Waals surface area contributed by atoms with Crippen LogP contribution in [0.4, 0.5) is 4.39 Å². The maximum absolute atomic E-state index is 12.5. The van der Waals surface area contributed by atoms with Gasteiger partial charge in [-0.05, 0) is 80.5 Å². The second-order valence-electron chi connectivity index (χ2n) is 8.90. The van der Waals surface area contributed by atoms with Gasteiger partial charge in [-0.25, -0.2) is 4.39 Å². The number of pyridine rings is 2. The van der Waals surface area contributed by atoms with Gasteiger partial charge in [0, 0.05) is 29.7 Å². The maximum atomic E-state index is 12.5. The molecule has 0 amide bonds. The number of rotatable bonds is 9. The smallest absolute Gasteiger partial charge is 0.123 e. The Morgan fingerprint density at radius 3 is 1.86 bits per heavy atom. The summed E-state index contributed by atoms with van der Waals surface area (Å²) in [4.78, 5) is 8.71. The molecule has 0 aliphatic heterocycles. The third-order valence-corrected chi connectivity index (χ3v) is 5.75. The van der Waals surface area contributed by atoms with Crippen LogP contribution in [0.15, 0.2) is 60.9 Å². The van der Waals surface area contributed by atoms with Gasteiger partial charge in [0.25, 0.3) is 0 Å². The molecule has 36 heavy (non-hydrogen) atoms. The van der Waals surface area contributed by atoms with Crippen molar-refractivity contribution in [2.75, 3.05) is 0 Å². The molecule has 0 fully saturated rings. The van der Waals surface area contributed by atoms with E-state index in [1.807, 2.05) is 32.2 Å². The summed E-state index contributed by atoms with van der Waals surface area (Å²) >= 11 is 0. The van der Waals surface area contributed by atoms with Crippen molar-refractivity contribution in [3.05, 3.63) is 94.8 Å². The van der Waals surface area contributed by atoms with Crippen molar-refractivity contribution in [3.63, 3.8) is 0 Å². The van der Waals surface area contributed by atoms with Crippen LogP contribution in [0.25, 0.3) is 0 Å².